The van der Waals surface area contributed by atoms with Crippen LogP contribution in [0, 0.1) is 5.92 Å². The number of carbonyl (C=O) groups is 1. The van der Waals surface area contributed by atoms with E-state index in [4.69, 9.17) is 4.74 Å². The number of ether oxygens (including phenoxy) is 1. The first-order valence-corrected chi connectivity index (χ1v) is 12.0. The number of hydrogen-bond donors (Lipinski definition) is 0. The molecule has 1 saturated carbocycles. The number of anilines is 1. The highest BCUT2D eigenvalue weighted by molar-refractivity contribution is 7.11. The van der Waals surface area contributed by atoms with Gasteiger partial charge in [-0.25, -0.2) is 0 Å². The van der Waals surface area contributed by atoms with Gasteiger partial charge in [0.25, 0.3) is 0 Å². The number of aromatic nitrogens is 1. The highest BCUT2D eigenvalue weighted by Crippen LogP contribution is 2.34. The van der Waals surface area contributed by atoms with E-state index in [-0.39, 0.29) is 11.7 Å². The Bertz CT molecular complexity index is 1000. The molecule has 1 saturated heterocycles. The van der Waals surface area contributed by atoms with Crippen molar-refractivity contribution in [3.05, 3.63) is 76.2 Å². The summed E-state index contributed by atoms with van der Waals surface area (Å²) in [5.41, 5.74) is 5.58. The Morgan fingerprint density at radius 3 is 2.52 bits per heavy atom. The van der Waals surface area contributed by atoms with Crippen LogP contribution in [-0.4, -0.2) is 30.5 Å². The largest absolute Gasteiger partial charge is 0.493 e. The molecule has 2 aromatic carbocycles. The van der Waals surface area contributed by atoms with Crippen molar-refractivity contribution in [2.45, 2.75) is 38.0 Å². The van der Waals surface area contributed by atoms with Crippen molar-refractivity contribution in [1.82, 2.24) is 4.98 Å². The zero-order valence-corrected chi connectivity index (χ0v) is 18.7. The normalized spacial score (nSPS) is 17.3. The third kappa shape index (κ3) is 4.82. The van der Waals surface area contributed by atoms with E-state index in [1.807, 2.05) is 0 Å². The van der Waals surface area contributed by atoms with E-state index in [1.165, 1.54) is 41.0 Å². The van der Waals surface area contributed by atoms with Crippen LogP contribution in [0.5, 0.6) is 5.75 Å². The lowest BCUT2D eigenvalue weighted by molar-refractivity contribution is 0.0979. The van der Waals surface area contributed by atoms with Crippen LogP contribution in [0.15, 0.2) is 60.2 Å². The molecule has 1 aromatic heterocycles. The van der Waals surface area contributed by atoms with Gasteiger partial charge in [0.05, 0.1) is 17.0 Å². The number of Topliss-reactive ketones (excluding diaryl/α,β-unsaturated/α-hetero) is 1. The topological polar surface area (TPSA) is 42.4 Å². The van der Waals surface area contributed by atoms with Gasteiger partial charge in [-0.05, 0) is 60.1 Å². The molecule has 0 unspecified atom stereocenters. The molecule has 0 bridgehead atoms. The molecule has 0 radical (unpaired) electrons. The highest BCUT2D eigenvalue weighted by Gasteiger charge is 2.28. The van der Waals surface area contributed by atoms with Gasteiger partial charge in [-0.15, -0.1) is 11.3 Å². The zero-order chi connectivity index (χ0) is 21.2. The molecule has 5 rings (SSSR count). The van der Waals surface area contributed by atoms with Gasteiger partial charge in [-0.2, -0.15) is 0 Å². The third-order valence-corrected chi connectivity index (χ3v) is 7.26. The fraction of sp³-hybridized carbons (Fsp3) is 0.385. The molecule has 0 N–H and O–H groups in total. The molecule has 1 atom stereocenters. The molecule has 2 heterocycles. The van der Waals surface area contributed by atoms with Crippen LogP contribution >= 0.6 is 11.3 Å². The third-order valence-electron chi connectivity index (χ3n) is 6.44. The Kier molecular flexibility index (Phi) is 5.77. The lowest BCUT2D eigenvalue weighted by Crippen LogP contribution is -2.45. The monoisotopic (exact) mass is 432 g/mol. The van der Waals surface area contributed by atoms with E-state index < -0.39 is 0 Å². The first-order chi connectivity index (χ1) is 15.2. The summed E-state index contributed by atoms with van der Waals surface area (Å²) >= 11 is 1.42. The summed E-state index contributed by atoms with van der Waals surface area (Å²) in [6, 6.07) is 17.4. The van der Waals surface area contributed by atoms with E-state index in [0.717, 1.165) is 36.2 Å². The molecule has 2 aliphatic rings. The molecule has 31 heavy (non-hydrogen) atoms. The second-order valence-electron chi connectivity index (χ2n) is 8.91. The lowest BCUT2D eigenvalue weighted by atomic mass is 9.88. The number of rotatable bonds is 9. The summed E-state index contributed by atoms with van der Waals surface area (Å²) in [5, 5.41) is 0. The average Bonchev–Trinajstić information content (AvgIpc) is 3.42. The molecule has 160 valence electrons. The average molecular weight is 433 g/mol. The van der Waals surface area contributed by atoms with E-state index >= 15 is 0 Å². The smallest absolute Gasteiger partial charge is 0.175 e. The minimum absolute atomic E-state index is 0.178. The van der Waals surface area contributed by atoms with E-state index in [1.54, 1.807) is 11.7 Å². The molecule has 0 amide bonds. The van der Waals surface area contributed by atoms with Crippen molar-refractivity contribution in [3.8, 4) is 5.75 Å². The van der Waals surface area contributed by atoms with Crippen LogP contribution in [0.1, 0.15) is 58.8 Å². The maximum absolute atomic E-state index is 12.3. The quantitative estimate of drug-likeness (QED) is 0.394. The number of ketones is 1. The fourth-order valence-electron chi connectivity index (χ4n) is 4.10. The molecular formula is C26H28N2O2S. The second kappa shape index (κ2) is 8.83. The highest BCUT2D eigenvalue weighted by atomic mass is 32.1. The Balaban J connectivity index is 1.12. The Hall–Kier alpha value is -2.66. The maximum atomic E-state index is 12.3. The van der Waals surface area contributed by atoms with Gasteiger partial charge in [0, 0.05) is 37.3 Å². The van der Waals surface area contributed by atoms with Crippen molar-refractivity contribution >= 4 is 22.8 Å². The minimum Gasteiger partial charge on any atom is -0.493 e. The van der Waals surface area contributed by atoms with Crippen molar-refractivity contribution in [2.75, 3.05) is 24.6 Å². The predicted octanol–water partition coefficient (Wildman–Crippen LogP) is 5.91. The fourth-order valence-corrected chi connectivity index (χ4v) is 4.67. The zero-order valence-electron chi connectivity index (χ0n) is 17.9. The summed E-state index contributed by atoms with van der Waals surface area (Å²) < 4.78 is 5.84. The molecule has 0 spiro atoms. The van der Waals surface area contributed by atoms with Gasteiger partial charge in [0.15, 0.2) is 5.78 Å². The summed E-state index contributed by atoms with van der Waals surface area (Å²) in [4.78, 5) is 19.5. The van der Waals surface area contributed by atoms with Crippen molar-refractivity contribution < 1.29 is 9.53 Å². The Morgan fingerprint density at radius 2 is 1.87 bits per heavy atom. The van der Waals surface area contributed by atoms with Crippen LogP contribution in [0.25, 0.3) is 0 Å². The van der Waals surface area contributed by atoms with Crippen LogP contribution in [0.3, 0.4) is 0 Å². The first kappa shape index (κ1) is 20.3. The number of benzene rings is 2. The number of carbonyl (C=O) groups excluding carboxylic acids is 1. The second-order valence-corrected chi connectivity index (χ2v) is 9.80. The van der Waals surface area contributed by atoms with Crippen LogP contribution < -0.4 is 9.64 Å². The van der Waals surface area contributed by atoms with Crippen LogP contribution in [0.4, 0.5) is 5.69 Å². The van der Waals surface area contributed by atoms with E-state index in [9.17, 15) is 4.79 Å². The van der Waals surface area contributed by atoms with Gasteiger partial charge in [-0.1, -0.05) is 31.2 Å². The maximum Gasteiger partial charge on any atom is 0.175 e. The van der Waals surface area contributed by atoms with Crippen molar-refractivity contribution in [3.63, 3.8) is 0 Å². The Labute approximate surface area is 187 Å². The lowest BCUT2D eigenvalue weighted by Gasteiger charge is -2.41. The van der Waals surface area contributed by atoms with Crippen molar-refractivity contribution in [2.24, 2.45) is 5.92 Å². The van der Waals surface area contributed by atoms with E-state index in [0.29, 0.717) is 12.3 Å². The molecule has 3 aromatic rings. The molecule has 1 aliphatic heterocycles. The SMILES string of the molecule is C[C@H](CC(=O)c1cncs1)c1ccc(C2CN(c3ccc(OCC4CC4)cc3)C2)cc1. The summed E-state index contributed by atoms with van der Waals surface area (Å²) in [5.74, 6) is 2.71. The number of thiazole rings is 1. The molecular weight excluding hydrogens is 404 g/mol. The van der Waals surface area contributed by atoms with Gasteiger partial charge >= 0.3 is 0 Å². The van der Waals surface area contributed by atoms with Gasteiger partial charge < -0.3 is 9.64 Å². The van der Waals surface area contributed by atoms with E-state index in [2.05, 4.69) is 65.3 Å². The van der Waals surface area contributed by atoms with Gasteiger partial charge in [0.2, 0.25) is 0 Å². The van der Waals surface area contributed by atoms with Crippen LogP contribution in [-0.2, 0) is 0 Å². The predicted molar refractivity (Wildman–Crippen MR) is 126 cm³/mol. The Morgan fingerprint density at radius 1 is 1.13 bits per heavy atom. The first-order valence-electron chi connectivity index (χ1n) is 11.1. The number of nitrogens with zero attached hydrogens (tertiary/aromatic N) is 2. The van der Waals surface area contributed by atoms with Gasteiger partial charge in [-0.3, -0.25) is 9.78 Å². The number of hydrogen-bond acceptors (Lipinski definition) is 5. The molecule has 1 aliphatic carbocycles. The van der Waals surface area contributed by atoms with Crippen LogP contribution in [0.2, 0.25) is 0 Å². The summed E-state index contributed by atoms with van der Waals surface area (Å²) in [7, 11) is 0. The molecule has 5 heteroatoms. The minimum atomic E-state index is 0.178. The van der Waals surface area contributed by atoms with Crippen molar-refractivity contribution in [1.29, 1.82) is 0 Å². The molecule has 4 nitrogen and oxygen atoms in total. The summed E-state index contributed by atoms with van der Waals surface area (Å²) in [6.07, 6.45) is 4.83. The molecule has 2 fully saturated rings. The van der Waals surface area contributed by atoms with Gasteiger partial charge in [0.1, 0.15) is 5.75 Å². The standard InChI is InChI=1S/C26H28N2O2S/c1-18(12-25(29)26-13-27-17-31-26)20-4-6-21(7-5-20)22-14-28(15-22)23-8-10-24(11-9-23)30-16-19-2-3-19/h4-11,13,17-19,22H,2-3,12,14-16H2,1H3/t18-/m1/s1. The summed E-state index contributed by atoms with van der Waals surface area (Å²) in [6.45, 7) is 5.07.